The molecular formula is C15H20N2O5S2. The zero-order chi connectivity index (χ0) is 17.5. The summed E-state index contributed by atoms with van der Waals surface area (Å²) in [5.41, 5.74) is 0.304. The topological polar surface area (TPSA) is 85.8 Å². The standard InChI is InChI=1S/C15H20N2O5S2/c1-3-4-6-21-13(19)11-9-24-14(16-11)23-7-5-17-12(8-18)10(2)22-15(17)20/h8-10,12H,3-7H2,1-2H3/t10-,12-/m0/s1. The van der Waals surface area contributed by atoms with E-state index in [9.17, 15) is 14.4 Å². The van der Waals surface area contributed by atoms with Gasteiger partial charge in [-0.3, -0.25) is 4.90 Å². The van der Waals surface area contributed by atoms with E-state index in [2.05, 4.69) is 4.98 Å². The van der Waals surface area contributed by atoms with Gasteiger partial charge in [0.05, 0.1) is 6.61 Å². The number of amides is 1. The highest BCUT2D eigenvalue weighted by Gasteiger charge is 2.38. The summed E-state index contributed by atoms with van der Waals surface area (Å²) in [7, 11) is 0. The summed E-state index contributed by atoms with van der Waals surface area (Å²) in [5.74, 6) is 0.147. The molecule has 0 saturated carbocycles. The number of thiazole rings is 1. The summed E-state index contributed by atoms with van der Waals surface area (Å²) in [6.45, 7) is 4.50. The number of ether oxygens (including phenoxy) is 2. The number of cyclic esters (lactones) is 1. The van der Waals surface area contributed by atoms with Crippen molar-refractivity contribution in [1.82, 2.24) is 9.88 Å². The minimum atomic E-state index is -0.543. The van der Waals surface area contributed by atoms with E-state index in [-0.39, 0.29) is 0 Å². The summed E-state index contributed by atoms with van der Waals surface area (Å²) >= 11 is 2.78. The summed E-state index contributed by atoms with van der Waals surface area (Å²) < 4.78 is 10.9. The van der Waals surface area contributed by atoms with Gasteiger partial charge in [0, 0.05) is 17.7 Å². The molecule has 24 heavy (non-hydrogen) atoms. The molecule has 0 unspecified atom stereocenters. The number of carbonyl (C=O) groups is 3. The van der Waals surface area contributed by atoms with Crippen LogP contribution in [0.1, 0.15) is 37.2 Å². The summed E-state index contributed by atoms with van der Waals surface area (Å²) in [6.07, 6.45) is 1.63. The van der Waals surface area contributed by atoms with E-state index in [0.717, 1.165) is 23.5 Å². The minimum Gasteiger partial charge on any atom is -0.461 e. The largest absolute Gasteiger partial charge is 0.461 e. The zero-order valence-corrected chi connectivity index (χ0v) is 15.2. The second-order valence-electron chi connectivity index (χ2n) is 5.25. The van der Waals surface area contributed by atoms with Gasteiger partial charge in [-0.1, -0.05) is 25.1 Å². The van der Waals surface area contributed by atoms with Crippen LogP contribution in [0.3, 0.4) is 0 Å². The average Bonchev–Trinajstić information content (AvgIpc) is 3.12. The Balaban J connectivity index is 1.80. The molecule has 0 aliphatic carbocycles. The summed E-state index contributed by atoms with van der Waals surface area (Å²) in [6, 6.07) is -0.543. The van der Waals surface area contributed by atoms with Crippen molar-refractivity contribution in [2.75, 3.05) is 18.9 Å². The Labute approximate surface area is 148 Å². The molecule has 2 atom stereocenters. The van der Waals surface area contributed by atoms with Crippen LogP contribution in [0, 0.1) is 0 Å². The van der Waals surface area contributed by atoms with Crippen molar-refractivity contribution < 1.29 is 23.9 Å². The molecule has 1 aromatic rings. The Morgan fingerprint density at radius 3 is 3.08 bits per heavy atom. The molecular weight excluding hydrogens is 352 g/mol. The lowest BCUT2D eigenvalue weighted by Gasteiger charge is -2.17. The third kappa shape index (κ3) is 4.70. The van der Waals surface area contributed by atoms with Gasteiger partial charge in [-0.25, -0.2) is 14.6 Å². The van der Waals surface area contributed by atoms with Crippen LogP contribution in [0.15, 0.2) is 9.72 Å². The van der Waals surface area contributed by atoms with Crippen molar-refractivity contribution >= 4 is 41.4 Å². The van der Waals surface area contributed by atoms with E-state index >= 15 is 0 Å². The Hall–Kier alpha value is -1.61. The van der Waals surface area contributed by atoms with Gasteiger partial charge in [0.25, 0.3) is 0 Å². The summed E-state index contributed by atoms with van der Waals surface area (Å²) in [4.78, 5) is 40.2. The van der Waals surface area contributed by atoms with E-state index in [1.807, 2.05) is 6.92 Å². The summed E-state index contributed by atoms with van der Waals surface area (Å²) in [5, 5.41) is 1.66. The van der Waals surface area contributed by atoms with Gasteiger partial charge in [0.1, 0.15) is 18.4 Å². The van der Waals surface area contributed by atoms with Crippen LogP contribution < -0.4 is 0 Å². The first-order chi connectivity index (χ1) is 11.6. The Kier molecular flexibility index (Phi) is 7.04. The monoisotopic (exact) mass is 372 g/mol. The van der Waals surface area contributed by atoms with Crippen LogP contribution in [0.25, 0.3) is 0 Å². The number of rotatable bonds is 9. The van der Waals surface area contributed by atoms with Gasteiger partial charge in [-0.05, 0) is 13.3 Å². The average molecular weight is 372 g/mol. The van der Waals surface area contributed by atoms with Crippen LogP contribution in [0.5, 0.6) is 0 Å². The number of aromatic nitrogens is 1. The maximum atomic E-state index is 11.8. The van der Waals surface area contributed by atoms with Gasteiger partial charge in [0.2, 0.25) is 0 Å². The lowest BCUT2D eigenvalue weighted by molar-refractivity contribution is -0.111. The maximum absolute atomic E-state index is 11.8. The lowest BCUT2D eigenvalue weighted by atomic mass is 10.2. The fourth-order valence-corrected chi connectivity index (χ4v) is 3.93. The van der Waals surface area contributed by atoms with Crippen molar-refractivity contribution in [1.29, 1.82) is 0 Å². The Morgan fingerprint density at radius 2 is 2.38 bits per heavy atom. The third-order valence-corrected chi connectivity index (χ3v) is 5.48. The van der Waals surface area contributed by atoms with Gasteiger partial charge in [-0.15, -0.1) is 11.3 Å². The van der Waals surface area contributed by atoms with Crippen molar-refractivity contribution in [3.8, 4) is 0 Å². The van der Waals surface area contributed by atoms with E-state index in [4.69, 9.17) is 9.47 Å². The lowest BCUT2D eigenvalue weighted by Crippen LogP contribution is -2.38. The predicted molar refractivity (Wildman–Crippen MR) is 90.5 cm³/mol. The molecule has 0 spiro atoms. The van der Waals surface area contributed by atoms with E-state index in [1.54, 1.807) is 12.3 Å². The molecule has 1 aliphatic heterocycles. The number of aldehydes is 1. The van der Waals surface area contributed by atoms with Crippen molar-refractivity contribution in [2.24, 2.45) is 0 Å². The predicted octanol–water partition coefficient (Wildman–Crippen LogP) is 2.60. The van der Waals surface area contributed by atoms with Gasteiger partial charge in [-0.2, -0.15) is 0 Å². The van der Waals surface area contributed by atoms with Gasteiger partial charge in [0.15, 0.2) is 10.0 Å². The molecule has 0 bridgehead atoms. The van der Waals surface area contributed by atoms with E-state index in [1.165, 1.54) is 28.0 Å². The fraction of sp³-hybridized carbons (Fsp3) is 0.600. The van der Waals surface area contributed by atoms with Crippen molar-refractivity contribution in [3.05, 3.63) is 11.1 Å². The number of hydrogen-bond acceptors (Lipinski definition) is 8. The molecule has 1 amide bonds. The van der Waals surface area contributed by atoms with Crippen LogP contribution in [-0.4, -0.2) is 59.3 Å². The Morgan fingerprint density at radius 1 is 1.58 bits per heavy atom. The molecule has 1 aliphatic rings. The number of carbonyl (C=O) groups excluding carboxylic acids is 3. The van der Waals surface area contributed by atoms with Crippen LogP contribution in [0.4, 0.5) is 4.79 Å². The second-order valence-corrected chi connectivity index (χ2v) is 7.45. The molecule has 2 rings (SSSR count). The third-order valence-electron chi connectivity index (χ3n) is 3.48. The quantitative estimate of drug-likeness (QED) is 0.285. The first kappa shape index (κ1) is 18.7. The van der Waals surface area contributed by atoms with Crippen LogP contribution in [-0.2, 0) is 14.3 Å². The molecule has 0 radical (unpaired) electrons. The number of unbranched alkanes of at least 4 members (excludes halogenated alkanes) is 1. The zero-order valence-electron chi connectivity index (χ0n) is 13.6. The fourth-order valence-electron chi connectivity index (χ4n) is 2.13. The maximum Gasteiger partial charge on any atom is 0.410 e. The van der Waals surface area contributed by atoms with Crippen LogP contribution in [0.2, 0.25) is 0 Å². The SMILES string of the molecule is CCCCOC(=O)c1csc(SCCN2C(=O)O[C@@H](C)[C@@H]2C=O)n1. The smallest absolute Gasteiger partial charge is 0.410 e. The van der Waals surface area contributed by atoms with Gasteiger partial charge >= 0.3 is 12.1 Å². The second kappa shape index (κ2) is 9.03. The molecule has 0 aromatic carbocycles. The highest BCUT2D eigenvalue weighted by Crippen LogP contribution is 2.25. The minimum absolute atomic E-state index is 0.304. The number of esters is 1. The molecule has 1 fully saturated rings. The molecule has 9 heteroatoms. The number of thioether (sulfide) groups is 1. The van der Waals surface area contributed by atoms with E-state index in [0.29, 0.717) is 24.6 Å². The molecule has 1 saturated heterocycles. The normalized spacial score (nSPS) is 20.1. The van der Waals surface area contributed by atoms with Crippen LogP contribution >= 0.6 is 23.1 Å². The molecule has 132 valence electrons. The Bertz CT molecular complexity index is 592. The van der Waals surface area contributed by atoms with Crippen molar-refractivity contribution in [2.45, 2.75) is 43.2 Å². The first-order valence-corrected chi connectivity index (χ1v) is 9.61. The number of nitrogens with zero attached hydrogens (tertiary/aromatic N) is 2. The highest BCUT2D eigenvalue weighted by molar-refractivity contribution is 8.01. The number of hydrogen-bond donors (Lipinski definition) is 0. The molecule has 0 N–H and O–H groups in total. The molecule has 7 nitrogen and oxygen atoms in total. The van der Waals surface area contributed by atoms with Gasteiger partial charge < -0.3 is 14.3 Å². The van der Waals surface area contributed by atoms with E-state index < -0.39 is 24.2 Å². The highest BCUT2D eigenvalue weighted by atomic mass is 32.2. The first-order valence-electron chi connectivity index (χ1n) is 7.74. The van der Waals surface area contributed by atoms with Crippen molar-refractivity contribution in [3.63, 3.8) is 0 Å². The molecule has 1 aromatic heterocycles. The molecule has 2 heterocycles.